The average Bonchev–Trinajstić information content (AvgIpc) is 2.63. The molecule has 0 unspecified atom stereocenters. The molecule has 0 atom stereocenters. The first kappa shape index (κ1) is 10.4. The van der Waals surface area contributed by atoms with Crippen LogP contribution in [0.1, 0.15) is 18.2 Å². The third-order valence-corrected chi connectivity index (χ3v) is 3.40. The van der Waals surface area contributed by atoms with Crippen LogP contribution in [-0.2, 0) is 12.8 Å². The summed E-state index contributed by atoms with van der Waals surface area (Å²) in [5, 5.41) is 10.1. The SMILES string of the molecule is CCc1c(N)ccc2snc(CCO)c12. The van der Waals surface area contributed by atoms with Crippen LogP contribution in [0.25, 0.3) is 10.1 Å². The second-order valence-corrected chi connectivity index (χ2v) is 4.27. The number of aryl methyl sites for hydroxylation is 1. The number of nitrogens with zero attached hydrogens (tertiary/aromatic N) is 1. The van der Waals surface area contributed by atoms with E-state index in [4.69, 9.17) is 10.8 Å². The molecule has 0 saturated carbocycles. The molecule has 4 heteroatoms. The Kier molecular flexibility index (Phi) is 2.88. The molecule has 1 heterocycles. The van der Waals surface area contributed by atoms with Gasteiger partial charge in [0.1, 0.15) is 0 Å². The second-order valence-electron chi connectivity index (χ2n) is 3.46. The summed E-state index contributed by atoms with van der Waals surface area (Å²) in [5.41, 5.74) is 8.89. The molecule has 0 bridgehead atoms. The molecule has 1 aromatic heterocycles. The van der Waals surface area contributed by atoms with Crippen LogP contribution in [-0.4, -0.2) is 16.1 Å². The van der Waals surface area contributed by atoms with Crippen molar-refractivity contribution in [1.29, 1.82) is 0 Å². The van der Waals surface area contributed by atoms with Crippen molar-refractivity contribution in [3.63, 3.8) is 0 Å². The largest absolute Gasteiger partial charge is 0.398 e. The topological polar surface area (TPSA) is 59.1 Å². The van der Waals surface area contributed by atoms with Crippen LogP contribution in [0.4, 0.5) is 5.69 Å². The molecule has 0 amide bonds. The van der Waals surface area contributed by atoms with Crippen molar-refractivity contribution in [2.45, 2.75) is 19.8 Å². The summed E-state index contributed by atoms with van der Waals surface area (Å²) < 4.78 is 5.52. The summed E-state index contributed by atoms with van der Waals surface area (Å²) in [5.74, 6) is 0. The highest BCUT2D eigenvalue weighted by molar-refractivity contribution is 7.13. The summed E-state index contributed by atoms with van der Waals surface area (Å²) >= 11 is 1.48. The second kappa shape index (κ2) is 4.16. The van der Waals surface area contributed by atoms with Crippen molar-refractivity contribution >= 4 is 27.3 Å². The lowest BCUT2D eigenvalue weighted by molar-refractivity contribution is 0.299. The van der Waals surface area contributed by atoms with Crippen LogP contribution in [0.15, 0.2) is 12.1 Å². The molecule has 80 valence electrons. The monoisotopic (exact) mass is 222 g/mol. The van der Waals surface area contributed by atoms with Crippen LogP contribution in [0, 0.1) is 0 Å². The smallest absolute Gasteiger partial charge is 0.0647 e. The molecule has 0 radical (unpaired) electrons. The van der Waals surface area contributed by atoms with Crippen molar-refractivity contribution in [2.24, 2.45) is 0 Å². The molecular weight excluding hydrogens is 208 g/mol. The number of nitrogen functional groups attached to an aromatic ring is 1. The molecule has 3 N–H and O–H groups in total. The summed E-state index contributed by atoms with van der Waals surface area (Å²) in [7, 11) is 0. The van der Waals surface area contributed by atoms with Gasteiger partial charge in [0, 0.05) is 24.1 Å². The molecule has 0 aliphatic heterocycles. The van der Waals surface area contributed by atoms with E-state index >= 15 is 0 Å². The van der Waals surface area contributed by atoms with Gasteiger partial charge in [0.25, 0.3) is 0 Å². The Bertz CT molecular complexity index is 479. The van der Waals surface area contributed by atoms with Gasteiger partial charge in [0.05, 0.1) is 10.4 Å². The highest BCUT2D eigenvalue weighted by atomic mass is 32.1. The maximum absolute atomic E-state index is 8.96. The Morgan fingerprint density at radius 1 is 1.47 bits per heavy atom. The predicted molar refractivity (Wildman–Crippen MR) is 64.2 cm³/mol. The zero-order valence-corrected chi connectivity index (χ0v) is 9.47. The zero-order chi connectivity index (χ0) is 10.8. The molecular formula is C11H14N2OS. The first-order valence-electron chi connectivity index (χ1n) is 5.04. The van der Waals surface area contributed by atoms with Gasteiger partial charge in [0.2, 0.25) is 0 Å². The summed E-state index contributed by atoms with van der Waals surface area (Å²) in [4.78, 5) is 0. The van der Waals surface area contributed by atoms with Gasteiger partial charge >= 0.3 is 0 Å². The molecule has 0 saturated heterocycles. The first-order valence-corrected chi connectivity index (χ1v) is 5.81. The maximum atomic E-state index is 8.96. The van der Waals surface area contributed by atoms with Crippen molar-refractivity contribution in [3.05, 3.63) is 23.4 Å². The number of aliphatic hydroxyl groups is 1. The maximum Gasteiger partial charge on any atom is 0.0647 e. The number of benzene rings is 1. The molecule has 3 nitrogen and oxygen atoms in total. The molecule has 2 rings (SSSR count). The predicted octanol–water partition coefficient (Wildman–Crippen LogP) is 1.98. The molecule has 1 aromatic carbocycles. The molecule has 15 heavy (non-hydrogen) atoms. The minimum atomic E-state index is 0.136. The number of hydrogen-bond donors (Lipinski definition) is 2. The first-order chi connectivity index (χ1) is 7.27. The molecule has 0 aliphatic rings. The zero-order valence-electron chi connectivity index (χ0n) is 8.66. The van der Waals surface area contributed by atoms with E-state index in [-0.39, 0.29) is 6.61 Å². The highest BCUT2D eigenvalue weighted by Gasteiger charge is 2.11. The van der Waals surface area contributed by atoms with E-state index in [2.05, 4.69) is 11.3 Å². The van der Waals surface area contributed by atoms with Crippen LogP contribution < -0.4 is 5.73 Å². The Hall–Kier alpha value is -1.13. The van der Waals surface area contributed by atoms with Crippen LogP contribution in [0.3, 0.4) is 0 Å². The van der Waals surface area contributed by atoms with Gasteiger partial charge in [-0.15, -0.1) is 0 Å². The Labute approximate surface area is 92.7 Å². The van der Waals surface area contributed by atoms with E-state index in [9.17, 15) is 0 Å². The fourth-order valence-electron chi connectivity index (χ4n) is 1.84. The number of anilines is 1. The van der Waals surface area contributed by atoms with Gasteiger partial charge in [-0.3, -0.25) is 0 Å². The van der Waals surface area contributed by atoms with E-state index in [0.29, 0.717) is 6.42 Å². The van der Waals surface area contributed by atoms with Crippen LogP contribution in [0.2, 0.25) is 0 Å². The minimum Gasteiger partial charge on any atom is -0.398 e. The lowest BCUT2D eigenvalue weighted by Crippen LogP contribution is -1.97. The van der Waals surface area contributed by atoms with Crippen molar-refractivity contribution in [2.75, 3.05) is 12.3 Å². The van der Waals surface area contributed by atoms with Gasteiger partial charge in [-0.05, 0) is 35.6 Å². The van der Waals surface area contributed by atoms with Gasteiger partial charge in [0.15, 0.2) is 0 Å². The van der Waals surface area contributed by atoms with E-state index < -0.39 is 0 Å². The van der Waals surface area contributed by atoms with Gasteiger partial charge in [-0.1, -0.05) is 6.92 Å². The van der Waals surface area contributed by atoms with Crippen LogP contribution >= 0.6 is 11.5 Å². The lowest BCUT2D eigenvalue weighted by atomic mass is 10.0. The standard InChI is InChI=1S/C11H14N2OS/c1-2-7-8(12)3-4-10-11(7)9(5-6-14)13-15-10/h3-4,14H,2,5-6,12H2,1H3. The Balaban J connectivity index is 2.69. The van der Waals surface area contributed by atoms with Gasteiger partial charge in [-0.25, -0.2) is 0 Å². The number of nitrogens with two attached hydrogens (primary N) is 1. The van der Waals surface area contributed by atoms with Crippen LogP contribution in [0.5, 0.6) is 0 Å². The Morgan fingerprint density at radius 2 is 2.27 bits per heavy atom. The van der Waals surface area contributed by atoms with Gasteiger partial charge in [-0.2, -0.15) is 4.37 Å². The lowest BCUT2D eigenvalue weighted by Gasteiger charge is -2.05. The fourth-order valence-corrected chi connectivity index (χ4v) is 2.69. The highest BCUT2D eigenvalue weighted by Crippen LogP contribution is 2.30. The van der Waals surface area contributed by atoms with Gasteiger partial charge < -0.3 is 10.8 Å². The minimum absolute atomic E-state index is 0.136. The summed E-state index contributed by atoms with van der Waals surface area (Å²) in [6.45, 7) is 2.22. The molecule has 0 spiro atoms. The third-order valence-electron chi connectivity index (χ3n) is 2.56. The van der Waals surface area contributed by atoms with E-state index in [1.54, 1.807) is 0 Å². The number of aliphatic hydroxyl groups excluding tert-OH is 1. The normalized spacial score (nSPS) is 11.1. The molecule has 0 fully saturated rings. The quantitative estimate of drug-likeness (QED) is 0.781. The fraction of sp³-hybridized carbons (Fsp3) is 0.364. The number of aromatic nitrogens is 1. The van der Waals surface area contributed by atoms with E-state index in [1.165, 1.54) is 11.5 Å². The number of rotatable bonds is 3. The van der Waals surface area contributed by atoms with Crippen molar-refractivity contribution in [1.82, 2.24) is 4.37 Å². The number of fused-ring (bicyclic) bond motifs is 1. The average molecular weight is 222 g/mol. The van der Waals surface area contributed by atoms with Crippen molar-refractivity contribution in [3.8, 4) is 0 Å². The van der Waals surface area contributed by atoms with E-state index in [0.717, 1.165) is 33.5 Å². The van der Waals surface area contributed by atoms with Crippen molar-refractivity contribution < 1.29 is 5.11 Å². The summed E-state index contributed by atoms with van der Waals surface area (Å²) in [6.07, 6.45) is 1.51. The molecule has 0 aliphatic carbocycles. The number of hydrogen-bond acceptors (Lipinski definition) is 4. The van der Waals surface area contributed by atoms with E-state index in [1.807, 2.05) is 12.1 Å². The molecule has 2 aromatic rings. The summed E-state index contributed by atoms with van der Waals surface area (Å²) in [6, 6.07) is 3.93. The third kappa shape index (κ3) is 1.70. The Morgan fingerprint density at radius 3 is 2.93 bits per heavy atom.